The third-order valence-corrected chi connectivity index (χ3v) is 3.45. The van der Waals surface area contributed by atoms with E-state index in [1.54, 1.807) is 27.7 Å². The van der Waals surface area contributed by atoms with Crippen molar-refractivity contribution in [1.29, 1.82) is 0 Å². The van der Waals surface area contributed by atoms with Crippen LogP contribution in [-0.4, -0.2) is 14.8 Å². The van der Waals surface area contributed by atoms with Crippen LogP contribution in [0.2, 0.25) is 5.02 Å². The van der Waals surface area contributed by atoms with Crippen molar-refractivity contribution in [2.45, 2.75) is 0 Å². The number of fused-ring (bicyclic) bond motifs is 1. The fourth-order valence-corrected chi connectivity index (χ4v) is 2.50. The van der Waals surface area contributed by atoms with Gasteiger partial charge >= 0.3 is 0 Å². The summed E-state index contributed by atoms with van der Waals surface area (Å²) in [4.78, 5) is 4.31. The summed E-state index contributed by atoms with van der Waals surface area (Å²) in [6.07, 6.45) is 3.63. The highest BCUT2D eigenvalue weighted by atomic mass is 35.5. The Morgan fingerprint density at radius 2 is 2.27 bits per heavy atom. The SMILES string of the molecule is Clc1ccc(-n2cccn2)c2ncsc12. The Balaban J connectivity index is 2.37. The zero-order valence-electron chi connectivity index (χ0n) is 7.59. The van der Waals surface area contributed by atoms with Gasteiger partial charge in [-0.3, -0.25) is 0 Å². The lowest BCUT2D eigenvalue weighted by molar-refractivity contribution is 0.885. The Labute approximate surface area is 94.9 Å². The van der Waals surface area contributed by atoms with Crippen LogP contribution in [-0.2, 0) is 0 Å². The largest absolute Gasteiger partial charge is 0.242 e. The molecule has 0 unspecified atom stereocenters. The molecule has 2 heterocycles. The molecular weight excluding hydrogens is 230 g/mol. The van der Waals surface area contributed by atoms with E-state index in [0.717, 1.165) is 20.9 Å². The maximum absolute atomic E-state index is 6.07. The van der Waals surface area contributed by atoms with Crippen molar-refractivity contribution in [2.75, 3.05) is 0 Å². The molecule has 0 radical (unpaired) electrons. The minimum atomic E-state index is 0.739. The van der Waals surface area contributed by atoms with Crippen molar-refractivity contribution in [1.82, 2.24) is 14.8 Å². The van der Waals surface area contributed by atoms with Gasteiger partial charge in [0.1, 0.15) is 5.52 Å². The molecule has 0 saturated heterocycles. The molecule has 3 nitrogen and oxygen atoms in total. The molecule has 0 aliphatic heterocycles. The summed E-state index contributed by atoms with van der Waals surface area (Å²) in [7, 11) is 0. The van der Waals surface area contributed by atoms with Crippen LogP contribution in [0.15, 0.2) is 36.1 Å². The minimum absolute atomic E-state index is 0.739. The molecule has 0 amide bonds. The van der Waals surface area contributed by atoms with Gasteiger partial charge in [-0.2, -0.15) is 5.10 Å². The van der Waals surface area contributed by atoms with Gasteiger partial charge < -0.3 is 0 Å². The van der Waals surface area contributed by atoms with Crippen LogP contribution in [0.5, 0.6) is 0 Å². The van der Waals surface area contributed by atoms with E-state index in [2.05, 4.69) is 10.1 Å². The molecule has 0 bridgehead atoms. The topological polar surface area (TPSA) is 30.7 Å². The van der Waals surface area contributed by atoms with Gasteiger partial charge in [0.2, 0.25) is 0 Å². The fraction of sp³-hybridized carbons (Fsp3) is 0. The van der Waals surface area contributed by atoms with Crippen molar-refractivity contribution >= 4 is 33.2 Å². The molecule has 2 aromatic heterocycles. The van der Waals surface area contributed by atoms with Crippen LogP contribution in [0, 0.1) is 0 Å². The Morgan fingerprint density at radius 1 is 1.33 bits per heavy atom. The summed E-state index contributed by atoms with van der Waals surface area (Å²) in [5, 5.41) is 4.92. The predicted octanol–water partition coefficient (Wildman–Crippen LogP) is 3.14. The number of hydrogen-bond donors (Lipinski definition) is 0. The standard InChI is InChI=1S/C10H6ClN3S/c11-7-2-3-8(14-5-1-4-13-14)9-10(7)15-6-12-9/h1-6H. The highest BCUT2D eigenvalue weighted by Gasteiger charge is 2.08. The van der Waals surface area contributed by atoms with E-state index in [4.69, 9.17) is 11.6 Å². The van der Waals surface area contributed by atoms with Crippen molar-refractivity contribution in [3.05, 3.63) is 41.1 Å². The van der Waals surface area contributed by atoms with Crippen LogP contribution in [0.25, 0.3) is 15.9 Å². The maximum Gasteiger partial charge on any atom is 0.108 e. The summed E-state index contributed by atoms with van der Waals surface area (Å²) in [6, 6.07) is 5.68. The molecule has 15 heavy (non-hydrogen) atoms. The van der Waals surface area contributed by atoms with E-state index in [1.807, 2.05) is 24.4 Å². The van der Waals surface area contributed by atoms with Gasteiger partial charge in [-0.25, -0.2) is 9.67 Å². The molecule has 3 aromatic rings. The first-order chi connectivity index (χ1) is 7.36. The second-order valence-electron chi connectivity index (χ2n) is 3.05. The quantitative estimate of drug-likeness (QED) is 0.649. The van der Waals surface area contributed by atoms with Crippen LogP contribution in [0.4, 0.5) is 0 Å². The number of aromatic nitrogens is 3. The second-order valence-corrected chi connectivity index (χ2v) is 4.31. The van der Waals surface area contributed by atoms with Crippen molar-refractivity contribution in [3.8, 4) is 5.69 Å². The number of nitrogens with zero attached hydrogens (tertiary/aromatic N) is 3. The number of thiazole rings is 1. The number of hydrogen-bond acceptors (Lipinski definition) is 3. The van der Waals surface area contributed by atoms with E-state index in [-0.39, 0.29) is 0 Å². The average molecular weight is 236 g/mol. The zero-order valence-corrected chi connectivity index (χ0v) is 9.16. The Bertz CT molecular complexity index is 600. The van der Waals surface area contributed by atoms with Gasteiger partial charge in [-0.05, 0) is 18.2 Å². The van der Waals surface area contributed by atoms with Gasteiger partial charge in [0.05, 0.1) is 20.9 Å². The van der Waals surface area contributed by atoms with Crippen molar-refractivity contribution in [3.63, 3.8) is 0 Å². The third kappa shape index (κ3) is 1.33. The van der Waals surface area contributed by atoms with E-state index in [0.29, 0.717) is 0 Å². The normalized spacial score (nSPS) is 11.0. The highest BCUT2D eigenvalue weighted by Crippen LogP contribution is 2.30. The van der Waals surface area contributed by atoms with Gasteiger partial charge in [-0.15, -0.1) is 11.3 Å². The van der Waals surface area contributed by atoms with Gasteiger partial charge in [0.15, 0.2) is 0 Å². The summed E-state index contributed by atoms with van der Waals surface area (Å²) in [6.45, 7) is 0. The monoisotopic (exact) mass is 235 g/mol. The first-order valence-electron chi connectivity index (χ1n) is 4.38. The van der Waals surface area contributed by atoms with Crippen molar-refractivity contribution in [2.24, 2.45) is 0 Å². The molecule has 5 heteroatoms. The Hall–Kier alpha value is -1.39. The van der Waals surface area contributed by atoms with E-state index in [9.17, 15) is 0 Å². The van der Waals surface area contributed by atoms with Gasteiger partial charge in [-0.1, -0.05) is 11.6 Å². The minimum Gasteiger partial charge on any atom is -0.242 e. The molecule has 0 spiro atoms. The van der Waals surface area contributed by atoms with Crippen LogP contribution >= 0.6 is 22.9 Å². The number of halogens is 1. The molecule has 0 atom stereocenters. The Morgan fingerprint density at radius 3 is 3.07 bits per heavy atom. The summed E-state index contributed by atoms with van der Waals surface area (Å²) in [5.41, 5.74) is 3.65. The summed E-state index contributed by atoms with van der Waals surface area (Å²) < 4.78 is 2.79. The maximum atomic E-state index is 6.07. The predicted molar refractivity (Wildman–Crippen MR) is 61.8 cm³/mol. The number of benzene rings is 1. The first-order valence-corrected chi connectivity index (χ1v) is 5.64. The van der Waals surface area contributed by atoms with Gasteiger partial charge in [0.25, 0.3) is 0 Å². The highest BCUT2D eigenvalue weighted by molar-refractivity contribution is 7.17. The molecule has 1 aromatic carbocycles. The van der Waals surface area contributed by atoms with Gasteiger partial charge in [0, 0.05) is 12.4 Å². The lowest BCUT2D eigenvalue weighted by Gasteiger charge is -2.02. The van der Waals surface area contributed by atoms with E-state index >= 15 is 0 Å². The summed E-state index contributed by atoms with van der Waals surface area (Å²) in [5.74, 6) is 0. The third-order valence-electron chi connectivity index (χ3n) is 2.17. The molecule has 0 aliphatic carbocycles. The Kier molecular flexibility index (Phi) is 1.97. The molecule has 0 saturated carbocycles. The fourth-order valence-electron chi connectivity index (χ4n) is 1.50. The lowest BCUT2D eigenvalue weighted by atomic mass is 10.3. The molecule has 0 aliphatic rings. The molecule has 74 valence electrons. The summed E-state index contributed by atoms with van der Waals surface area (Å²) >= 11 is 7.61. The molecule has 0 fully saturated rings. The average Bonchev–Trinajstić information content (AvgIpc) is 2.88. The lowest BCUT2D eigenvalue weighted by Crippen LogP contribution is -1.94. The molecule has 0 N–H and O–H groups in total. The van der Waals surface area contributed by atoms with Crippen molar-refractivity contribution < 1.29 is 0 Å². The van der Waals surface area contributed by atoms with E-state index < -0.39 is 0 Å². The smallest absolute Gasteiger partial charge is 0.108 e. The van der Waals surface area contributed by atoms with Crippen LogP contribution < -0.4 is 0 Å². The molecular formula is C10H6ClN3S. The second kappa shape index (κ2) is 3.32. The molecule has 3 rings (SSSR count). The number of rotatable bonds is 1. The van der Waals surface area contributed by atoms with E-state index in [1.165, 1.54) is 0 Å². The van der Waals surface area contributed by atoms with Crippen LogP contribution in [0.1, 0.15) is 0 Å². The first kappa shape index (κ1) is 8.88. The zero-order chi connectivity index (χ0) is 10.3. The van der Waals surface area contributed by atoms with Crippen LogP contribution in [0.3, 0.4) is 0 Å².